The first kappa shape index (κ1) is 17.9. The second-order valence-corrected chi connectivity index (χ2v) is 9.00. The Hall–Kier alpha value is -3.20. The zero-order valence-corrected chi connectivity index (χ0v) is 16.3. The van der Waals surface area contributed by atoms with Crippen LogP contribution in [0, 0.1) is 5.82 Å². The summed E-state index contributed by atoms with van der Waals surface area (Å²) in [4.78, 5) is 17.5. The average Bonchev–Trinajstić information content (AvgIpc) is 3.47. The maximum Gasteiger partial charge on any atom is 0.247 e. The molecule has 29 heavy (non-hydrogen) atoms. The molecule has 146 valence electrons. The third kappa shape index (κ3) is 3.17. The zero-order chi connectivity index (χ0) is 20.2. The van der Waals surface area contributed by atoms with Crippen LogP contribution in [0.25, 0.3) is 28.3 Å². The van der Waals surface area contributed by atoms with E-state index in [-0.39, 0.29) is 11.0 Å². The van der Waals surface area contributed by atoms with E-state index in [1.807, 2.05) is 4.40 Å². The van der Waals surface area contributed by atoms with Gasteiger partial charge < -0.3 is 0 Å². The van der Waals surface area contributed by atoms with Gasteiger partial charge in [-0.15, -0.1) is 0 Å². The molecule has 0 spiro atoms. The Labute approximate surface area is 166 Å². The molecule has 7 nitrogen and oxygen atoms in total. The van der Waals surface area contributed by atoms with Gasteiger partial charge in [-0.2, -0.15) is 0 Å². The molecule has 0 N–H and O–H groups in total. The molecule has 0 amide bonds. The van der Waals surface area contributed by atoms with Crippen molar-refractivity contribution in [3.63, 3.8) is 0 Å². The number of benzene rings is 1. The fourth-order valence-corrected chi connectivity index (χ4v) is 3.86. The molecule has 1 aliphatic rings. The molecule has 5 rings (SSSR count). The Morgan fingerprint density at radius 2 is 1.79 bits per heavy atom. The van der Waals surface area contributed by atoms with Crippen molar-refractivity contribution in [3.8, 4) is 22.6 Å². The van der Waals surface area contributed by atoms with E-state index >= 15 is 0 Å². The standard InChI is InChI=1S/C20H16FN5O2S/c1-29(27,28)20-23-9-8-15(24-20)18-16(12-4-6-14(21)7-5-12)25-19-17(13-2-3-13)22-10-11-26(18)19/h4-11,13H,2-3H2,1H3. The highest BCUT2D eigenvalue weighted by Crippen LogP contribution is 2.42. The molecule has 0 atom stereocenters. The van der Waals surface area contributed by atoms with Crippen molar-refractivity contribution in [1.82, 2.24) is 24.3 Å². The van der Waals surface area contributed by atoms with E-state index in [9.17, 15) is 12.8 Å². The predicted octanol–water partition coefficient (Wildman–Crippen LogP) is 3.27. The second-order valence-electron chi connectivity index (χ2n) is 7.09. The predicted molar refractivity (Wildman–Crippen MR) is 104 cm³/mol. The molecule has 1 aliphatic carbocycles. The van der Waals surface area contributed by atoms with Crippen LogP contribution in [0.15, 0.2) is 54.1 Å². The summed E-state index contributed by atoms with van der Waals surface area (Å²) in [5.74, 6) is 0.0211. The van der Waals surface area contributed by atoms with E-state index in [0.29, 0.717) is 34.2 Å². The zero-order valence-electron chi connectivity index (χ0n) is 15.4. The fraction of sp³-hybridized carbons (Fsp3) is 0.200. The highest BCUT2D eigenvalue weighted by molar-refractivity contribution is 7.90. The lowest BCUT2D eigenvalue weighted by atomic mass is 10.1. The van der Waals surface area contributed by atoms with Crippen LogP contribution in [-0.4, -0.2) is 39.0 Å². The molecule has 0 unspecified atom stereocenters. The number of halogens is 1. The smallest absolute Gasteiger partial charge is 0.247 e. The van der Waals surface area contributed by atoms with Crippen LogP contribution >= 0.6 is 0 Å². The van der Waals surface area contributed by atoms with Crippen LogP contribution in [-0.2, 0) is 9.84 Å². The molecule has 9 heteroatoms. The highest BCUT2D eigenvalue weighted by atomic mass is 32.2. The highest BCUT2D eigenvalue weighted by Gasteiger charge is 2.30. The lowest BCUT2D eigenvalue weighted by molar-refractivity contribution is 0.593. The van der Waals surface area contributed by atoms with Gasteiger partial charge in [0.15, 0.2) is 5.65 Å². The van der Waals surface area contributed by atoms with Crippen molar-refractivity contribution >= 4 is 15.5 Å². The van der Waals surface area contributed by atoms with Gasteiger partial charge in [0.2, 0.25) is 15.0 Å². The summed E-state index contributed by atoms with van der Waals surface area (Å²) in [6.07, 6.45) is 8.09. The first-order valence-corrected chi connectivity index (χ1v) is 11.0. The SMILES string of the molecule is CS(=O)(=O)c1nccc(-c2c(-c3ccc(F)cc3)nc3c(C4CC4)nccn23)n1. The number of sulfone groups is 1. The van der Waals surface area contributed by atoms with Gasteiger partial charge in [0.05, 0.1) is 22.8 Å². The molecular formula is C20H16FN5O2S. The molecule has 3 aromatic heterocycles. The normalized spacial score (nSPS) is 14.4. The van der Waals surface area contributed by atoms with E-state index in [1.165, 1.54) is 18.3 Å². The van der Waals surface area contributed by atoms with Gasteiger partial charge in [0.1, 0.15) is 5.82 Å². The number of fused-ring (bicyclic) bond motifs is 1. The second kappa shape index (κ2) is 6.41. The van der Waals surface area contributed by atoms with Crippen molar-refractivity contribution in [1.29, 1.82) is 0 Å². The summed E-state index contributed by atoms with van der Waals surface area (Å²) in [6.45, 7) is 0. The Morgan fingerprint density at radius 1 is 1.03 bits per heavy atom. The number of nitrogens with zero attached hydrogens (tertiary/aromatic N) is 5. The Bertz CT molecular complexity index is 1350. The van der Waals surface area contributed by atoms with Crippen molar-refractivity contribution in [3.05, 3.63) is 60.4 Å². The molecule has 1 fully saturated rings. The number of imidazole rings is 1. The van der Waals surface area contributed by atoms with Gasteiger partial charge in [-0.05, 0) is 43.2 Å². The van der Waals surface area contributed by atoms with Gasteiger partial charge in [0, 0.05) is 36.3 Å². The van der Waals surface area contributed by atoms with Gasteiger partial charge in [0.25, 0.3) is 0 Å². The van der Waals surface area contributed by atoms with Gasteiger partial charge in [-0.3, -0.25) is 9.38 Å². The Kier molecular flexibility index (Phi) is 3.95. The molecule has 4 aromatic rings. The summed E-state index contributed by atoms with van der Waals surface area (Å²) < 4.78 is 39.3. The van der Waals surface area contributed by atoms with Crippen LogP contribution < -0.4 is 0 Å². The molecule has 0 saturated heterocycles. The molecule has 0 bridgehead atoms. The van der Waals surface area contributed by atoms with Crippen molar-refractivity contribution in [2.24, 2.45) is 0 Å². The number of hydrogen-bond acceptors (Lipinski definition) is 6. The van der Waals surface area contributed by atoms with E-state index in [2.05, 4.69) is 15.0 Å². The number of aromatic nitrogens is 5. The van der Waals surface area contributed by atoms with E-state index in [4.69, 9.17) is 4.98 Å². The van der Waals surface area contributed by atoms with Crippen LogP contribution in [0.2, 0.25) is 0 Å². The van der Waals surface area contributed by atoms with Crippen molar-refractivity contribution in [2.75, 3.05) is 6.26 Å². The van der Waals surface area contributed by atoms with Crippen molar-refractivity contribution in [2.45, 2.75) is 23.9 Å². The average molecular weight is 409 g/mol. The first-order valence-electron chi connectivity index (χ1n) is 9.08. The number of rotatable bonds is 4. The number of hydrogen-bond donors (Lipinski definition) is 0. The molecule has 0 aliphatic heterocycles. The maximum atomic E-state index is 13.5. The van der Waals surface area contributed by atoms with Gasteiger partial charge in [-0.25, -0.2) is 27.8 Å². The third-order valence-electron chi connectivity index (χ3n) is 4.86. The monoisotopic (exact) mass is 409 g/mol. The van der Waals surface area contributed by atoms with Crippen LogP contribution in [0.4, 0.5) is 4.39 Å². The summed E-state index contributed by atoms with van der Waals surface area (Å²) in [6, 6.07) is 7.66. The van der Waals surface area contributed by atoms with Crippen LogP contribution in [0.5, 0.6) is 0 Å². The molecule has 3 heterocycles. The minimum absolute atomic E-state index is 0.258. The largest absolute Gasteiger partial charge is 0.295 e. The van der Waals surface area contributed by atoms with E-state index in [1.54, 1.807) is 30.6 Å². The molecule has 1 saturated carbocycles. The quantitative estimate of drug-likeness (QED) is 0.481. The summed E-state index contributed by atoms with van der Waals surface area (Å²) in [5, 5.41) is -0.258. The van der Waals surface area contributed by atoms with Crippen LogP contribution in [0.1, 0.15) is 24.5 Å². The Morgan fingerprint density at radius 3 is 2.48 bits per heavy atom. The van der Waals surface area contributed by atoms with Gasteiger partial charge >= 0.3 is 0 Å². The summed E-state index contributed by atoms with van der Waals surface area (Å²) in [5.41, 5.74) is 3.91. The maximum absolute atomic E-state index is 13.5. The molecular weight excluding hydrogens is 393 g/mol. The first-order chi connectivity index (χ1) is 13.9. The third-order valence-corrected chi connectivity index (χ3v) is 5.72. The Balaban J connectivity index is 1.82. The topological polar surface area (TPSA) is 90.1 Å². The van der Waals surface area contributed by atoms with Crippen LogP contribution in [0.3, 0.4) is 0 Å². The molecule has 0 radical (unpaired) electrons. The minimum Gasteiger partial charge on any atom is -0.295 e. The summed E-state index contributed by atoms with van der Waals surface area (Å²) in [7, 11) is -3.58. The van der Waals surface area contributed by atoms with E-state index < -0.39 is 9.84 Å². The lowest BCUT2D eigenvalue weighted by Gasteiger charge is -2.07. The molecule has 1 aromatic carbocycles. The fourth-order valence-electron chi connectivity index (χ4n) is 3.35. The lowest BCUT2D eigenvalue weighted by Crippen LogP contribution is -2.05. The van der Waals surface area contributed by atoms with E-state index in [0.717, 1.165) is 24.8 Å². The van der Waals surface area contributed by atoms with Crippen molar-refractivity contribution < 1.29 is 12.8 Å². The summed E-state index contributed by atoms with van der Waals surface area (Å²) >= 11 is 0. The minimum atomic E-state index is -3.58. The van der Waals surface area contributed by atoms with Gasteiger partial charge in [-0.1, -0.05) is 0 Å².